The normalized spacial score (nSPS) is 11.9. The van der Waals surface area contributed by atoms with Crippen LogP contribution < -0.4 is 21.7 Å². The van der Waals surface area contributed by atoms with Crippen LogP contribution in [0.5, 0.6) is 0 Å². The van der Waals surface area contributed by atoms with Crippen LogP contribution in [0.1, 0.15) is 0 Å². The van der Waals surface area contributed by atoms with E-state index < -0.39 is 16.3 Å². The summed E-state index contributed by atoms with van der Waals surface area (Å²) in [6, 6.07) is 11.1. The Kier molecular flexibility index (Phi) is 2.99. The molecule has 5 aromatic rings. The topological polar surface area (TPSA) is 68.3 Å². The standard InChI is InChI=1S/C20H7ClO4S/c21-11-7-3-6-10-12(11)18(25)20-14(16(10)23)13-15(22)8-4-1-2-5-9(8)17(24)19(13)26-20/h1-7H. The van der Waals surface area contributed by atoms with E-state index >= 15 is 0 Å². The highest BCUT2D eigenvalue weighted by Gasteiger charge is 2.22. The third-order valence-electron chi connectivity index (χ3n) is 4.68. The average Bonchev–Trinajstić information content (AvgIpc) is 3.06. The lowest BCUT2D eigenvalue weighted by Gasteiger charge is -1.99. The van der Waals surface area contributed by atoms with Crippen LogP contribution in [0.15, 0.2) is 61.6 Å². The molecule has 0 unspecified atom stereocenters. The number of halogens is 1. The van der Waals surface area contributed by atoms with Crippen LogP contribution in [0.3, 0.4) is 0 Å². The zero-order valence-corrected chi connectivity index (χ0v) is 14.5. The maximum atomic E-state index is 13.0. The number of rotatable bonds is 0. The van der Waals surface area contributed by atoms with Crippen molar-refractivity contribution >= 4 is 64.7 Å². The Labute approximate surface area is 153 Å². The van der Waals surface area contributed by atoms with Crippen LogP contribution in [0, 0.1) is 0 Å². The van der Waals surface area contributed by atoms with Crippen LogP contribution in [0.2, 0.25) is 5.02 Å². The van der Waals surface area contributed by atoms with Crippen LogP contribution in [0.4, 0.5) is 0 Å². The highest BCUT2D eigenvalue weighted by molar-refractivity contribution is 7.25. The Morgan fingerprint density at radius 3 is 1.81 bits per heavy atom. The summed E-state index contributed by atoms with van der Waals surface area (Å²) in [5, 5.41) is 1.08. The van der Waals surface area contributed by atoms with Gasteiger partial charge in [-0.25, -0.2) is 0 Å². The largest absolute Gasteiger partial charge is 0.289 e. The lowest BCUT2D eigenvalue weighted by Crippen LogP contribution is -2.15. The van der Waals surface area contributed by atoms with E-state index in [2.05, 4.69) is 0 Å². The van der Waals surface area contributed by atoms with E-state index in [4.69, 9.17) is 11.6 Å². The molecular formula is C20H7ClO4S. The summed E-state index contributed by atoms with van der Waals surface area (Å²) in [6.07, 6.45) is 0. The Hall–Kier alpha value is -2.89. The number of fused-ring (bicyclic) bond motifs is 5. The van der Waals surface area contributed by atoms with Crippen molar-refractivity contribution in [2.75, 3.05) is 0 Å². The maximum absolute atomic E-state index is 13.0. The first-order chi connectivity index (χ1) is 12.5. The molecule has 0 saturated heterocycles. The number of thiophene rings is 1. The summed E-state index contributed by atoms with van der Waals surface area (Å²) in [7, 11) is 0. The van der Waals surface area contributed by atoms with E-state index in [0.29, 0.717) is 5.39 Å². The number of benzene rings is 4. The maximum Gasteiger partial charge on any atom is 0.205 e. The molecule has 124 valence electrons. The van der Waals surface area contributed by atoms with Crippen molar-refractivity contribution in [1.82, 2.24) is 0 Å². The molecule has 0 saturated carbocycles. The first kappa shape index (κ1) is 15.4. The van der Waals surface area contributed by atoms with Crippen LogP contribution in [0.25, 0.3) is 41.7 Å². The van der Waals surface area contributed by atoms with Crippen LogP contribution >= 0.6 is 22.9 Å². The predicted molar refractivity (Wildman–Crippen MR) is 107 cm³/mol. The van der Waals surface area contributed by atoms with Crippen molar-refractivity contribution in [2.24, 2.45) is 0 Å². The second-order valence-electron chi connectivity index (χ2n) is 6.03. The smallest absolute Gasteiger partial charge is 0.205 e. The molecule has 0 radical (unpaired) electrons. The first-order valence-electron chi connectivity index (χ1n) is 7.74. The molecule has 26 heavy (non-hydrogen) atoms. The molecule has 0 N–H and O–H groups in total. The van der Waals surface area contributed by atoms with Crippen molar-refractivity contribution in [1.29, 1.82) is 0 Å². The van der Waals surface area contributed by atoms with E-state index in [1.165, 1.54) is 12.1 Å². The van der Waals surface area contributed by atoms with E-state index in [-0.39, 0.29) is 46.8 Å². The number of hydrogen-bond acceptors (Lipinski definition) is 5. The zero-order valence-electron chi connectivity index (χ0n) is 13.0. The Bertz CT molecular complexity index is 1620. The molecular weight excluding hydrogens is 372 g/mol. The molecule has 4 nitrogen and oxygen atoms in total. The average molecular weight is 379 g/mol. The molecule has 0 aliphatic heterocycles. The molecule has 4 aromatic carbocycles. The van der Waals surface area contributed by atoms with Gasteiger partial charge in [0, 0.05) is 16.2 Å². The van der Waals surface area contributed by atoms with E-state index in [0.717, 1.165) is 11.3 Å². The van der Waals surface area contributed by atoms with E-state index in [9.17, 15) is 19.2 Å². The van der Waals surface area contributed by atoms with Gasteiger partial charge in [-0.1, -0.05) is 48.0 Å². The summed E-state index contributed by atoms with van der Waals surface area (Å²) < 4.78 is 0.249. The Balaban J connectivity index is 2.25. The lowest BCUT2D eigenvalue weighted by molar-refractivity contribution is 1.69. The summed E-state index contributed by atoms with van der Waals surface area (Å²) >= 11 is 7.02. The minimum absolute atomic E-state index is 0.0256. The first-order valence-corrected chi connectivity index (χ1v) is 8.93. The monoisotopic (exact) mass is 378 g/mol. The van der Waals surface area contributed by atoms with Crippen LogP contribution in [-0.4, -0.2) is 0 Å². The van der Waals surface area contributed by atoms with Crippen molar-refractivity contribution in [3.05, 3.63) is 88.4 Å². The van der Waals surface area contributed by atoms with Crippen molar-refractivity contribution in [3.8, 4) is 0 Å². The van der Waals surface area contributed by atoms with E-state index in [1.807, 2.05) is 0 Å². The summed E-state index contributed by atoms with van der Waals surface area (Å²) in [4.78, 5) is 51.8. The summed E-state index contributed by atoms with van der Waals surface area (Å²) in [5.74, 6) is 0. The molecule has 0 atom stereocenters. The fourth-order valence-electron chi connectivity index (χ4n) is 3.51. The molecule has 0 aliphatic carbocycles. The lowest BCUT2D eigenvalue weighted by atomic mass is 10.0. The highest BCUT2D eigenvalue weighted by Crippen LogP contribution is 2.30. The molecule has 0 bridgehead atoms. The fourth-order valence-corrected chi connectivity index (χ4v) is 4.97. The molecule has 1 heterocycles. The second kappa shape index (κ2) is 5.06. The van der Waals surface area contributed by atoms with Crippen molar-refractivity contribution < 1.29 is 0 Å². The van der Waals surface area contributed by atoms with E-state index in [1.54, 1.807) is 30.3 Å². The summed E-state index contributed by atoms with van der Waals surface area (Å²) in [6.45, 7) is 0. The zero-order chi connectivity index (χ0) is 18.2. The van der Waals surface area contributed by atoms with Gasteiger partial charge in [-0.15, -0.1) is 11.3 Å². The van der Waals surface area contributed by atoms with Gasteiger partial charge < -0.3 is 0 Å². The number of hydrogen-bond donors (Lipinski definition) is 0. The molecule has 0 spiro atoms. The van der Waals surface area contributed by atoms with Gasteiger partial charge in [0.05, 0.1) is 30.6 Å². The second-order valence-corrected chi connectivity index (χ2v) is 7.46. The van der Waals surface area contributed by atoms with Gasteiger partial charge in [0.25, 0.3) is 0 Å². The molecule has 6 heteroatoms. The minimum Gasteiger partial charge on any atom is -0.289 e. The van der Waals surface area contributed by atoms with Gasteiger partial charge >= 0.3 is 0 Å². The molecule has 5 rings (SSSR count). The predicted octanol–water partition coefficient (Wildman–Crippen LogP) is 3.33. The van der Waals surface area contributed by atoms with Crippen molar-refractivity contribution in [2.45, 2.75) is 0 Å². The van der Waals surface area contributed by atoms with Gasteiger partial charge in [-0.2, -0.15) is 0 Å². The molecule has 1 aromatic heterocycles. The van der Waals surface area contributed by atoms with Gasteiger partial charge in [0.1, 0.15) is 0 Å². The molecule has 0 fully saturated rings. The SMILES string of the molecule is O=c1c2ccccc2c(=O)c2c1sc1c(=O)c3c(Cl)cccc3c(=O)c12. The quantitative estimate of drug-likeness (QED) is 0.414. The van der Waals surface area contributed by atoms with Gasteiger partial charge in [-0.05, 0) is 6.07 Å². The fraction of sp³-hybridized carbons (Fsp3) is 0. The minimum atomic E-state index is -0.449. The third-order valence-corrected chi connectivity index (χ3v) is 6.18. The van der Waals surface area contributed by atoms with Crippen LogP contribution in [-0.2, 0) is 0 Å². The Morgan fingerprint density at radius 2 is 1.12 bits per heavy atom. The third kappa shape index (κ3) is 1.74. The summed E-state index contributed by atoms with van der Waals surface area (Å²) in [5.41, 5.74) is -1.62. The Morgan fingerprint density at radius 1 is 0.577 bits per heavy atom. The molecule has 0 aliphatic rings. The van der Waals surface area contributed by atoms with Gasteiger partial charge in [0.2, 0.25) is 10.9 Å². The van der Waals surface area contributed by atoms with Crippen molar-refractivity contribution in [3.63, 3.8) is 0 Å². The molecule has 0 amide bonds. The van der Waals surface area contributed by atoms with Gasteiger partial charge in [-0.3, -0.25) is 19.2 Å². The van der Waals surface area contributed by atoms with Gasteiger partial charge in [0.15, 0.2) is 10.9 Å². The highest BCUT2D eigenvalue weighted by atomic mass is 35.5.